The Bertz CT molecular complexity index is 2350. The van der Waals surface area contributed by atoms with Crippen LogP contribution >= 0.6 is 0 Å². The van der Waals surface area contributed by atoms with Gasteiger partial charge >= 0.3 is 12.1 Å². The van der Waals surface area contributed by atoms with Gasteiger partial charge in [-0.05, 0) is 53.4 Å². The first-order valence-electron chi connectivity index (χ1n) is 20.9. The Balaban J connectivity index is 1.31. The molecule has 2 bridgehead atoms. The molecule has 2 aromatic carbocycles. The van der Waals surface area contributed by atoms with E-state index in [0.717, 1.165) is 18.7 Å². The van der Waals surface area contributed by atoms with Gasteiger partial charge in [0.25, 0.3) is 0 Å². The quantitative estimate of drug-likeness (QED) is 0.100. The molecule has 4 unspecified atom stereocenters. The van der Waals surface area contributed by atoms with E-state index >= 15 is 8.78 Å². The molecule has 0 spiro atoms. The van der Waals surface area contributed by atoms with E-state index in [0.29, 0.717) is 77.9 Å². The van der Waals surface area contributed by atoms with E-state index in [9.17, 15) is 9.90 Å². The van der Waals surface area contributed by atoms with Gasteiger partial charge in [0.15, 0.2) is 5.82 Å². The molecule has 59 heavy (non-hydrogen) atoms. The summed E-state index contributed by atoms with van der Waals surface area (Å²) in [6, 6.07) is 7.33. The number of rotatable bonds is 9. The van der Waals surface area contributed by atoms with Gasteiger partial charge in [-0.15, -0.1) is 5.54 Å². The van der Waals surface area contributed by atoms with Crippen LogP contribution in [0.1, 0.15) is 66.9 Å². The van der Waals surface area contributed by atoms with Crippen molar-refractivity contribution in [3.8, 4) is 34.6 Å². The van der Waals surface area contributed by atoms with Crippen molar-refractivity contribution < 1.29 is 32.9 Å². The van der Waals surface area contributed by atoms with Gasteiger partial charge in [0.1, 0.15) is 49.0 Å². The molecule has 4 aliphatic heterocycles. The van der Waals surface area contributed by atoms with Crippen molar-refractivity contribution in [2.24, 2.45) is 0 Å². The second-order valence-electron chi connectivity index (χ2n) is 17.5. The first-order valence-corrected chi connectivity index (χ1v) is 23.1. The lowest BCUT2D eigenvalue weighted by Crippen LogP contribution is -2.64. The molecule has 14 heteroatoms. The molecule has 11 nitrogen and oxygen atoms in total. The number of pyridine rings is 1. The average molecular weight is 825 g/mol. The smallest absolute Gasteiger partial charge is 0.407 e. The molecule has 4 atom stereocenters. The van der Waals surface area contributed by atoms with Crippen LogP contribution in [-0.4, -0.2) is 114 Å². The van der Waals surface area contributed by atoms with E-state index in [-0.39, 0.29) is 52.7 Å². The second kappa shape index (κ2) is 16.0. The number of morpholine rings is 1. The number of anilines is 1. The zero-order chi connectivity index (χ0) is 41.9. The lowest BCUT2D eigenvalue weighted by atomic mass is 9.96. The minimum absolute atomic E-state index is 0.0492. The number of carbonyl (C=O) groups is 1. The molecule has 4 aromatic rings. The number of benzene rings is 2. The molecule has 312 valence electrons. The first-order chi connectivity index (χ1) is 28.2. The molecule has 6 heterocycles. The number of piperazine rings is 1. The molecule has 0 aliphatic carbocycles. The van der Waals surface area contributed by atoms with Gasteiger partial charge in [0.05, 0.1) is 36.9 Å². The lowest BCUT2D eigenvalue weighted by Gasteiger charge is -2.47. The molecule has 0 saturated carbocycles. The second-order valence-corrected chi connectivity index (χ2v) is 23.1. The third kappa shape index (κ3) is 7.08. The maximum atomic E-state index is 17.7. The monoisotopic (exact) mass is 824 g/mol. The molecule has 4 aliphatic rings. The molecule has 1 amide bonds. The van der Waals surface area contributed by atoms with Crippen molar-refractivity contribution in [1.82, 2.24) is 24.8 Å². The Morgan fingerprint density at radius 1 is 1.02 bits per heavy atom. The number of hydrogen-bond donors (Lipinski definition) is 1. The van der Waals surface area contributed by atoms with Crippen LogP contribution in [0.5, 0.6) is 11.9 Å². The summed E-state index contributed by atoms with van der Waals surface area (Å²) in [6.45, 7) is 23.3. The van der Waals surface area contributed by atoms with Crippen LogP contribution < -0.4 is 14.4 Å². The van der Waals surface area contributed by atoms with Crippen LogP contribution in [0.25, 0.3) is 32.9 Å². The molecule has 3 saturated heterocycles. The molecule has 3 fully saturated rings. The highest BCUT2D eigenvalue weighted by atomic mass is 28.3. The minimum Gasteiger partial charge on any atom is -0.472 e. The normalized spacial score (nSPS) is 21.8. The molecule has 1 N–H and O–H groups in total. The summed E-state index contributed by atoms with van der Waals surface area (Å²) in [6.07, 6.45) is -0.222. The standard InChI is InChI=1S/C45H54F2N6O5Si/c1-25(2)59(26(3)4,27(5)6)21-16-32-34(46)14-12-30-10-9-11-33(36(30)32)39-38(47)40-37-42(50-44(49-40)57-24-28(7)22-51-17-19-56-20-18-51)52-23-31-13-15-35(53(31)45(54)55)41(52)29(8)58-43(37)48-39/h9-12,14,25-27,29,31,35,41H,7,13,15,17-20,22-24H2,1-6,8H3,(H,54,55). The predicted octanol–water partition coefficient (Wildman–Crippen LogP) is 8.44. The summed E-state index contributed by atoms with van der Waals surface area (Å²) in [4.78, 5) is 32.9. The Labute approximate surface area is 345 Å². The van der Waals surface area contributed by atoms with E-state index in [1.807, 2.05) is 17.9 Å². The van der Waals surface area contributed by atoms with E-state index in [1.54, 1.807) is 18.2 Å². The maximum absolute atomic E-state index is 17.7. The number of nitrogens with zero attached hydrogens (tertiary/aromatic N) is 6. The van der Waals surface area contributed by atoms with Gasteiger partial charge in [0, 0.05) is 37.1 Å². The van der Waals surface area contributed by atoms with Gasteiger partial charge in [0.2, 0.25) is 5.88 Å². The Morgan fingerprint density at radius 3 is 2.44 bits per heavy atom. The van der Waals surface area contributed by atoms with Crippen LogP contribution in [0.2, 0.25) is 16.6 Å². The summed E-state index contributed by atoms with van der Waals surface area (Å²) < 4.78 is 52.3. The number of ether oxygens (including phenoxy) is 3. The average Bonchev–Trinajstić information content (AvgIpc) is 3.45. The topological polar surface area (TPSA) is 113 Å². The predicted molar refractivity (Wildman–Crippen MR) is 228 cm³/mol. The molecular formula is C45H54F2N6O5Si. The fraction of sp³-hybridized carbons (Fsp3) is 0.511. The molecular weight excluding hydrogens is 771 g/mol. The SMILES string of the molecule is C=C(COc1nc2c3c(nc(-c4cccc5ccc(F)c(C#C[Si](C(C)C)(C(C)C)C(C)C)c45)c(F)c3n1)OC(C)C1C3CCC(CN21)N3C(=O)O)CN1CCOCC1. The highest BCUT2D eigenvalue weighted by molar-refractivity contribution is 6.90. The van der Waals surface area contributed by atoms with Gasteiger partial charge in [-0.3, -0.25) is 9.80 Å². The minimum atomic E-state index is -2.29. The summed E-state index contributed by atoms with van der Waals surface area (Å²) in [5, 5.41) is 11.7. The Morgan fingerprint density at radius 2 is 1.75 bits per heavy atom. The van der Waals surface area contributed by atoms with E-state index in [4.69, 9.17) is 29.2 Å². The largest absolute Gasteiger partial charge is 0.472 e. The summed E-state index contributed by atoms with van der Waals surface area (Å²) in [5.41, 5.74) is 5.86. The Hall–Kier alpha value is -4.84. The van der Waals surface area contributed by atoms with Crippen LogP contribution in [0, 0.1) is 23.1 Å². The highest BCUT2D eigenvalue weighted by Crippen LogP contribution is 2.47. The van der Waals surface area contributed by atoms with Crippen LogP contribution in [0.15, 0.2) is 42.5 Å². The molecule has 0 radical (unpaired) electrons. The van der Waals surface area contributed by atoms with Gasteiger partial charge in [-0.1, -0.05) is 78.3 Å². The first kappa shape index (κ1) is 40.9. The van der Waals surface area contributed by atoms with Gasteiger partial charge < -0.3 is 24.2 Å². The fourth-order valence-electron chi connectivity index (χ4n) is 10.5. The molecule has 2 aromatic heterocycles. The number of fused-ring (bicyclic) bond motifs is 6. The number of carboxylic acid groups (broad SMARTS) is 1. The zero-order valence-electron chi connectivity index (χ0n) is 35.0. The van der Waals surface area contributed by atoms with Crippen molar-refractivity contribution in [3.05, 3.63) is 59.7 Å². The Kier molecular flexibility index (Phi) is 11.1. The summed E-state index contributed by atoms with van der Waals surface area (Å²) >= 11 is 0. The van der Waals surface area contributed by atoms with E-state index < -0.39 is 37.9 Å². The lowest BCUT2D eigenvalue weighted by molar-refractivity contribution is 0.0414. The van der Waals surface area contributed by atoms with Crippen molar-refractivity contribution >= 4 is 41.7 Å². The van der Waals surface area contributed by atoms with Gasteiger partial charge in [-0.25, -0.2) is 18.6 Å². The van der Waals surface area contributed by atoms with Gasteiger partial charge in [-0.2, -0.15) is 9.97 Å². The third-order valence-corrected chi connectivity index (χ3v) is 19.5. The maximum Gasteiger partial charge on any atom is 0.407 e. The van der Waals surface area contributed by atoms with Crippen LogP contribution in [0.3, 0.4) is 0 Å². The van der Waals surface area contributed by atoms with Crippen molar-refractivity contribution in [3.63, 3.8) is 0 Å². The summed E-state index contributed by atoms with van der Waals surface area (Å²) in [7, 11) is -2.29. The number of amides is 1. The van der Waals surface area contributed by atoms with Crippen LogP contribution in [0.4, 0.5) is 19.4 Å². The van der Waals surface area contributed by atoms with Crippen molar-refractivity contribution in [2.45, 2.75) is 102 Å². The van der Waals surface area contributed by atoms with E-state index in [1.165, 1.54) is 11.0 Å². The number of aromatic nitrogens is 3. The third-order valence-electron chi connectivity index (χ3n) is 13.2. The van der Waals surface area contributed by atoms with Crippen LogP contribution in [-0.2, 0) is 4.74 Å². The number of halogens is 2. The highest BCUT2D eigenvalue weighted by Gasteiger charge is 2.53. The van der Waals surface area contributed by atoms with Crippen molar-refractivity contribution in [2.75, 3.05) is 50.9 Å². The van der Waals surface area contributed by atoms with E-state index in [2.05, 4.69) is 64.5 Å². The molecule has 8 rings (SSSR count). The summed E-state index contributed by atoms with van der Waals surface area (Å²) in [5.74, 6) is 2.59. The van der Waals surface area contributed by atoms with Crippen molar-refractivity contribution in [1.29, 1.82) is 0 Å². The fourth-order valence-corrected chi connectivity index (χ4v) is 15.7. The number of hydrogen-bond acceptors (Lipinski definition) is 9. The zero-order valence-corrected chi connectivity index (χ0v) is 36.0.